The molecule has 0 bridgehead atoms. The van der Waals surface area contributed by atoms with Crippen LogP contribution in [0, 0.1) is 6.92 Å². The Bertz CT molecular complexity index is 1190. The van der Waals surface area contributed by atoms with E-state index in [9.17, 15) is 18.0 Å². The molecule has 1 aliphatic carbocycles. The van der Waals surface area contributed by atoms with Gasteiger partial charge in [0.1, 0.15) is 5.82 Å². The molecule has 0 aromatic carbocycles. The van der Waals surface area contributed by atoms with Gasteiger partial charge in [-0.05, 0) is 31.4 Å². The maximum atomic E-state index is 13.1. The number of aryl methyl sites for hydroxylation is 1. The Morgan fingerprint density at radius 1 is 1.24 bits per heavy atom. The van der Waals surface area contributed by atoms with Crippen LogP contribution in [-0.2, 0) is 26.2 Å². The van der Waals surface area contributed by atoms with E-state index in [-0.39, 0.29) is 18.2 Å². The van der Waals surface area contributed by atoms with Gasteiger partial charge in [0, 0.05) is 55.6 Å². The Hall–Kier alpha value is -2.91. The first-order valence-corrected chi connectivity index (χ1v) is 9.50. The van der Waals surface area contributed by atoms with E-state index in [1.165, 1.54) is 10.7 Å². The fraction of sp³-hybridized carbons (Fsp3) is 0.474. The highest BCUT2D eigenvalue weighted by Gasteiger charge is 2.34. The molecule has 0 N–H and O–H groups in total. The molecule has 152 valence electrons. The number of pyridine rings is 1. The van der Waals surface area contributed by atoms with Gasteiger partial charge in [-0.1, -0.05) is 0 Å². The lowest BCUT2D eigenvalue weighted by Gasteiger charge is -2.31. The normalized spacial score (nSPS) is 17.1. The number of rotatable bonds is 2. The zero-order valence-corrected chi connectivity index (χ0v) is 16.0. The molecule has 0 amide bonds. The first-order chi connectivity index (χ1) is 13.7. The van der Waals surface area contributed by atoms with Crippen LogP contribution in [0.5, 0.6) is 0 Å². The van der Waals surface area contributed by atoms with Crippen molar-refractivity contribution in [3.63, 3.8) is 0 Å². The predicted molar refractivity (Wildman–Crippen MR) is 98.9 cm³/mol. The molecule has 5 rings (SSSR count). The van der Waals surface area contributed by atoms with Crippen molar-refractivity contribution in [2.24, 2.45) is 7.05 Å². The van der Waals surface area contributed by atoms with Crippen molar-refractivity contribution in [1.82, 2.24) is 24.1 Å². The van der Waals surface area contributed by atoms with E-state index in [4.69, 9.17) is 0 Å². The van der Waals surface area contributed by atoms with Crippen LogP contribution in [0.2, 0.25) is 0 Å². The summed E-state index contributed by atoms with van der Waals surface area (Å²) in [5.74, 6) is 1.29. The molecule has 4 heterocycles. The lowest BCUT2D eigenvalue weighted by molar-refractivity contribution is -0.137. The monoisotopic (exact) mass is 404 g/mol. The molecule has 0 spiro atoms. The molecule has 1 fully saturated rings. The van der Waals surface area contributed by atoms with E-state index < -0.39 is 11.7 Å². The number of nitrogens with zero attached hydrogens (tertiary/aromatic N) is 6. The van der Waals surface area contributed by atoms with Crippen molar-refractivity contribution in [3.8, 4) is 0 Å². The summed E-state index contributed by atoms with van der Waals surface area (Å²) in [5.41, 5.74) is 2.07. The number of anilines is 1. The highest BCUT2D eigenvalue weighted by molar-refractivity contribution is 5.56. The van der Waals surface area contributed by atoms with Gasteiger partial charge in [-0.3, -0.25) is 4.98 Å². The van der Waals surface area contributed by atoms with Gasteiger partial charge in [-0.15, -0.1) is 5.10 Å². The lowest BCUT2D eigenvalue weighted by atomic mass is 10.0. The van der Waals surface area contributed by atoms with Gasteiger partial charge < -0.3 is 4.90 Å². The molecule has 2 aliphatic rings. The van der Waals surface area contributed by atoms with Gasteiger partial charge in [-0.25, -0.2) is 13.9 Å². The summed E-state index contributed by atoms with van der Waals surface area (Å²) in [6.45, 7) is 2.81. The van der Waals surface area contributed by atoms with E-state index in [2.05, 4.69) is 15.1 Å². The van der Waals surface area contributed by atoms with Gasteiger partial charge in [0.25, 0.3) is 5.78 Å². The Labute approximate surface area is 163 Å². The fourth-order valence-corrected chi connectivity index (χ4v) is 4.11. The Kier molecular flexibility index (Phi) is 3.78. The van der Waals surface area contributed by atoms with Crippen molar-refractivity contribution >= 4 is 11.6 Å². The minimum Gasteiger partial charge on any atom is -0.351 e. The van der Waals surface area contributed by atoms with E-state index in [1.54, 1.807) is 11.4 Å². The summed E-state index contributed by atoms with van der Waals surface area (Å²) >= 11 is 0. The molecule has 29 heavy (non-hydrogen) atoms. The molecular formula is C19H19F3N6O. The summed E-state index contributed by atoms with van der Waals surface area (Å²) in [7, 11) is 1.59. The van der Waals surface area contributed by atoms with Crippen LogP contribution >= 0.6 is 0 Å². The molecule has 0 radical (unpaired) electrons. The van der Waals surface area contributed by atoms with Gasteiger partial charge in [0.05, 0.1) is 5.56 Å². The zero-order valence-electron chi connectivity index (χ0n) is 16.0. The van der Waals surface area contributed by atoms with Crippen molar-refractivity contribution in [2.45, 2.75) is 44.8 Å². The summed E-state index contributed by atoms with van der Waals surface area (Å²) in [6.07, 6.45) is -0.986. The second-order valence-electron chi connectivity index (χ2n) is 7.76. The van der Waals surface area contributed by atoms with Crippen LogP contribution < -0.4 is 10.6 Å². The average molecular weight is 404 g/mol. The standard InChI is InChI=1S/C19H19F3N6O/c1-10-15(11-3-4-11)28-17(25-26(2)18(28)29)24-16(10)27-6-5-14-12(9-27)7-13(8-23-14)19(20,21)22/h7-8,11H,3-6,9H2,1-2H3. The zero-order chi connectivity index (χ0) is 20.5. The maximum absolute atomic E-state index is 13.1. The van der Waals surface area contributed by atoms with Crippen LogP contribution in [0.15, 0.2) is 17.1 Å². The summed E-state index contributed by atoms with van der Waals surface area (Å²) in [5, 5.41) is 4.24. The Morgan fingerprint density at radius 3 is 2.69 bits per heavy atom. The SMILES string of the molecule is Cc1c(N2CCc3ncc(C(F)(F)F)cc3C2)nc2nn(C)c(=O)n2c1C1CC1. The topological polar surface area (TPSA) is 68.3 Å². The molecule has 3 aromatic rings. The second kappa shape index (κ2) is 6.04. The van der Waals surface area contributed by atoms with Gasteiger partial charge in [0.15, 0.2) is 0 Å². The molecule has 0 unspecified atom stereocenters. The largest absolute Gasteiger partial charge is 0.417 e. The third-order valence-corrected chi connectivity index (χ3v) is 5.70. The van der Waals surface area contributed by atoms with E-state index >= 15 is 0 Å². The maximum Gasteiger partial charge on any atom is 0.417 e. The van der Waals surface area contributed by atoms with Crippen LogP contribution in [-0.4, -0.2) is 30.7 Å². The quantitative estimate of drug-likeness (QED) is 0.657. The number of hydrogen-bond acceptors (Lipinski definition) is 5. The number of halogens is 3. The summed E-state index contributed by atoms with van der Waals surface area (Å²) in [6, 6.07) is 1.18. The van der Waals surface area contributed by atoms with Crippen molar-refractivity contribution in [2.75, 3.05) is 11.4 Å². The lowest BCUT2D eigenvalue weighted by Crippen LogP contribution is -2.33. The van der Waals surface area contributed by atoms with Gasteiger partial charge in [0.2, 0.25) is 0 Å². The number of fused-ring (bicyclic) bond motifs is 2. The molecule has 1 aliphatic heterocycles. The van der Waals surface area contributed by atoms with E-state index in [1.807, 2.05) is 11.8 Å². The summed E-state index contributed by atoms with van der Waals surface area (Å²) < 4.78 is 42.1. The molecule has 7 nitrogen and oxygen atoms in total. The second-order valence-corrected chi connectivity index (χ2v) is 7.76. The highest BCUT2D eigenvalue weighted by atomic mass is 19.4. The van der Waals surface area contributed by atoms with E-state index in [0.29, 0.717) is 35.8 Å². The molecule has 10 heteroatoms. The average Bonchev–Trinajstić information content (AvgIpc) is 3.47. The third kappa shape index (κ3) is 2.89. The summed E-state index contributed by atoms with van der Waals surface area (Å²) in [4.78, 5) is 23.1. The smallest absolute Gasteiger partial charge is 0.351 e. The van der Waals surface area contributed by atoms with Gasteiger partial charge >= 0.3 is 11.9 Å². The Balaban J connectivity index is 1.60. The minimum absolute atomic E-state index is 0.230. The minimum atomic E-state index is -4.42. The van der Waals surface area contributed by atoms with Crippen molar-refractivity contribution in [3.05, 3.63) is 50.8 Å². The highest BCUT2D eigenvalue weighted by Crippen LogP contribution is 2.43. The third-order valence-electron chi connectivity index (χ3n) is 5.70. The molecule has 1 saturated carbocycles. The fourth-order valence-electron chi connectivity index (χ4n) is 4.11. The number of hydrogen-bond donors (Lipinski definition) is 0. The predicted octanol–water partition coefficient (Wildman–Crippen LogP) is 2.59. The van der Waals surface area contributed by atoms with Crippen molar-refractivity contribution < 1.29 is 13.2 Å². The first kappa shape index (κ1) is 18.1. The number of aromatic nitrogens is 5. The van der Waals surface area contributed by atoms with Crippen LogP contribution in [0.3, 0.4) is 0 Å². The molecular weight excluding hydrogens is 385 g/mol. The first-order valence-electron chi connectivity index (χ1n) is 9.50. The van der Waals surface area contributed by atoms with Crippen molar-refractivity contribution in [1.29, 1.82) is 0 Å². The van der Waals surface area contributed by atoms with E-state index in [0.717, 1.165) is 30.3 Å². The van der Waals surface area contributed by atoms with Crippen LogP contribution in [0.1, 0.15) is 46.8 Å². The van der Waals surface area contributed by atoms with Crippen LogP contribution in [0.25, 0.3) is 5.78 Å². The molecule has 3 aromatic heterocycles. The molecule has 0 saturated heterocycles. The molecule has 0 atom stereocenters. The number of alkyl halides is 3. The Morgan fingerprint density at radius 2 is 2.00 bits per heavy atom. The van der Waals surface area contributed by atoms with Crippen LogP contribution in [0.4, 0.5) is 19.0 Å². The van der Waals surface area contributed by atoms with Gasteiger partial charge in [-0.2, -0.15) is 18.2 Å².